The Labute approximate surface area is 382 Å². The summed E-state index contributed by atoms with van der Waals surface area (Å²) in [5.74, 6) is -2.01. The molecular weight excluding hydrogens is 870 g/mol. The molecule has 0 amide bonds. The van der Waals surface area contributed by atoms with Crippen LogP contribution in [0.5, 0.6) is 0 Å². The lowest BCUT2D eigenvalue weighted by Gasteiger charge is -2.17. The number of hydrogen-bond donors (Lipinski definition) is 0. The SMILES string of the molecule is CC.CCOC(=O)c1cc(-c2cc(Cl)ccc2Cl)c(C(=O)OCC)cc1-c1ccccc1.CCOC(=O)c1cc(-c2ccccc2Cl)c(C(=O)OCC)cc1-c1ccc(Cl)cc1. The first-order valence-corrected chi connectivity index (χ1v) is 21.5. The van der Waals surface area contributed by atoms with Crippen molar-refractivity contribution < 1.29 is 38.1 Å². The second-order valence-electron chi connectivity index (χ2n) is 12.7. The summed E-state index contributed by atoms with van der Waals surface area (Å²) in [7, 11) is 0. The van der Waals surface area contributed by atoms with Gasteiger partial charge in [-0.3, -0.25) is 0 Å². The number of halogens is 4. The molecule has 0 aliphatic rings. The van der Waals surface area contributed by atoms with E-state index in [0.29, 0.717) is 70.2 Å². The molecule has 0 saturated heterocycles. The molecule has 322 valence electrons. The van der Waals surface area contributed by atoms with Crippen molar-refractivity contribution in [2.24, 2.45) is 0 Å². The van der Waals surface area contributed by atoms with Gasteiger partial charge in [0.25, 0.3) is 0 Å². The van der Waals surface area contributed by atoms with Crippen molar-refractivity contribution in [1.29, 1.82) is 0 Å². The fourth-order valence-corrected chi connectivity index (χ4v) is 7.02. The maximum Gasteiger partial charge on any atom is 0.338 e. The highest BCUT2D eigenvalue weighted by Crippen LogP contribution is 2.39. The van der Waals surface area contributed by atoms with Gasteiger partial charge in [0.15, 0.2) is 0 Å². The average molecular weight is 917 g/mol. The zero-order valence-corrected chi connectivity index (χ0v) is 38.2. The monoisotopic (exact) mass is 914 g/mol. The van der Waals surface area contributed by atoms with E-state index in [2.05, 4.69) is 0 Å². The van der Waals surface area contributed by atoms with Crippen LogP contribution >= 0.6 is 46.4 Å². The number of carbonyl (C=O) groups is 4. The summed E-state index contributed by atoms with van der Waals surface area (Å²) in [6, 6.07) is 34.9. The van der Waals surface area contributed by atoms with Crippen LogP contribution < -0.4 is 0 Å². The summed E-state index contributed by atoms with van der Waals surface area (Å²) in [5.41, 5.74) is 5.94. The van der Waals surface area contributed by atoms with Crippen LogP contribution in [0.15, 0.2) is 121 Å². The average Bonchev–Trinajstić information content (AvgIpc) is 3.28. The smallest absolute Gasteiger partial charge is 0.338 e. The van der Waals surface area contributed by atoms with Crippen LogP contribution in [0.3, 0.4) is 0 Å². The molecule has 62 heavy (non-hydrogen) atoms. The lowest BCUT2D eigenvalue weighted by atomic mass is 9.90. The molecule has 6 aromatic rings. The molecule has 0 fully saturated rings. The zero-order chi connectivity index (χ0) is 45.3. The predicted molar refractivity (Wildman–Crippen MR) is 250 cm³/mol. The van der Waals surface area contributed by atoms with E-state index in [9.17, 15) is 19.2 Å². The van der Waals surface area contributed by atoms with Crippen molar-refractivity contribution in [3.05, 3.63) is 164 Å². The summed E-state index contributed by atoms with van der Waals surface area (Å²) >= 11 is 25.0. The number of ether oxygens (including phenoxy) is 4. The van der Waals surface area contributed by atoms with E-state index in [1.54, 1.807) is 113 Å². The fourth-order valence-electron chi connectivity index (χ4n) is 6.26. The van der Waals surface area contributed by atoms with Gasteiger partial charge < -0.3 is 18.9 Å². The van der Waals surface area contributed by atoms with Gasteiger partial charge in [0.1, 0.15) is 0 Å². The number of carbonyl (C=O) groups excluding carboxylic acids is 4. The van der Waals surface area contributed by atoms with Gasteiger partial charge in [0.2, 0.25) is 0 Å². The Balaban J connectivity index is 0.000000262. The number of benzene rings is 6. The molecule has 6 aromatic carbocycles. The van der Waals surface area contributed by atoms with E-state index in [1.807, 2.05) is 50.2 Å². The van der Waals surface area contributed by atoms with Gasteiger partial charge in [0.05, 0.1) is 48.7 Å². The molecule has 8 nitrogen and oxygen atoms in total. The maximum atomic E-state index is 12.8. The molecule has 0 N–H and O–H groups in total. The third-order valence-corrected chi connectivity index (χ3v) is 10.1. The second kappa shape index (κ2) is 24.1. The molecule has 0 unspecified atom stereocenters. The van der Waals surface area contributed by atoms with E-state index in [1.165, 1.54) is 0 Å². The second-order valence-corrected chi connectivity index (χ2v) is 14.4. The van der Waals surface area contributed by atoms with Gasteiger partial charge in [-0.05, 0) is 122 Å². The first-order chi connectivity index (χ1) is 29.9. The lowest BCUT2D eigenvalue weighted by molar-refractivity contribution is 0.0513. The van der Waals surface area contributed by atoms with E-state index < -0.39 is 23.9 Å². The predicted octanol–water partition coefficient (Wildman–Crippen LogP) is 14.4. The Kier molecular flexibility index (Phi) is 19.1. The Morgan fingerprint density at radius 2 is 0.726 bits per heavy atom. The summed E-state index contributed by atoms with van der Waals surface area (Å²) < 4.78 is 21.1. The molecule has 0 aliphatic carbocycles. The van der Waals surface area contributed by atoms with E-state index in [4.69, 9.17) is 65.4 Å². The van der Waals surface area contributed by atoms with Gasteiger partial charge in [-0.1, -0.05) is 121 Å². The maximum absolute atomic E-state index is 12.8. The minimum atomic E-state index is -0.517. The molecule has 0 saturated carbocycles. The van der Waals surface area contributed by atoms with E-state index in [0.717, 1.165) is 11.1 Å². The molecular formula is C50H46Cl4O8. The van der Waals surface area contributed by atoms with Gasteiger partial charge >= 0.3 is 23.9 Å². The van der Waals surface area contributed by atoms with E-state index in [-0.39, 0.29) is 32.0 Å². The van der Waals surface area contributed by atoms with Crippen LogP contribution in [0.2, 0.25) is 20.1 Å². The van der Waals surface area contributed by atoms with Gasteiger partial charge in [0, 0.05) is 31.2 Å². The summed E-state index contributed by atoms with van der Waals surface area (Å²) in [6.45, 7) is 11.8. The molecule has 0 bridgehead atoms. The van der Waals surface area contributed by atoms with Crippen molar-refractivity contribution in [3.63, 3.8) is 0 Å². The van der Waals surface area contributed by atoms with Gasteiger partial charge in [-0.15, -0.1) is 0 Å². The molecule has 0 aliphatic heterocycles. The third kappa shape index (κ3) is 12.3. The minimum Gasteiger partial charge on any atom is -0.462 e. The van der Waals surface area contributed by atoms with Crippen molar-refractivity contribution in [2.45, 2.75) is 41.5 Å². The number of esters is 4. The quantitative estimate of drug-likeness (QED) is 0.0883. The summed E-state index contributed by atoms with van der Waals surface area (Å²) in [4.78, 5) is 51.2. The fraction of sp³-hybridized carbons (Fsp3) is 0.200. The van der Waals surface area contributed by atoms with Crippen molar-refractivity contribution in [3.8, 4) is 44.5 Å². The van der Waals surface area contributed by atoms with Crippen LogP contribution in [0.4, 0.5) is 0 Å². The number of hydrogen-bond acceptors (Lipinski definition) is 8. The molecule has 0 heterocycles. The third-order valence-electron chi connectivity index (χ3n) is 8.92. The Morgan fingerprint density at radius 1 is 0.371 bits per heavy atom. The normalized spacial score (nSPS) is 10.3. The minimum absolute atomic E-state index is 0.210. The Morgan fingerprint density at radius 3 is 1.18 bits per heavy atom. The molecule has 6 rings (SSSR count). The molecule has 12 heteroatoms. The molecule has 0 radical (unpaired) electrons. The van der Waals surface area contributed by atoms with Crippen LogP contribution in [-0.4, -0.2) is 50.3 Å². The van der Waals surface area contributed by atoms with Crippen LogP contribution in [0.25, 0.3) is 44.5 Å². The summed E-state index contributed by atoms with van der Waals surface area (Å²) in [6.07, 6.45) is 0. The molecule has 0 aromatic heterocycles. The van der Waals surface area contributed by atoms with Crippen molar-refractivity contribution in [2.75, 3.05) is 26.4 Å². The van der Waals surface area contributed by atoms with E-state index >= 15 is 0 Å². The summed E-state index contributed by atoms with van der Waals surface area (Å²) in [5, 5.41) is 1.87. The zero-order valence-electron chi connectivity index (χ0n) is 35.2. The van der Waals surface area contributed by atoms with Gasteiger partial charge in [-0.2, -0.15) is 0 Å². The van der Waals surface area contributed by atoms with Crippen LogP contribution in [0, 0.1) is 0 Å². The Hall–Kier alpha value is -5.64. The first kappa shape index (κ1) is 49.0. The number of rotatable bonds is 12. The van der Waals surface area contributed by atoms with Crippen LogP contribution in [0.1, 0.15) is 83.0 Å². The highest BCUT2D eigenvalue weighted by Gasteiger charge is 2.25. The van der Waals surface area contributed by atoms with Crippen molar-refractivity contribution in [1.82, 2.24) is 0 Å². The largest absolute Gasteiger partial charge is 0.462 e. The van der Waals surface area contributed by atoms with Crippen molar-refractivity contribution >= 4 is 70.3 Å². The topological polar surface area (TPSA) is 105 Å². The first-order valence-electron chi connectivity index (χ1n) is 20.0. The standard InChI is InChI=1S/2C24H20Cl2O4.C2H6/c1-3-29-23(27)20-14-19(17-7-5-6-8-22(17)26)21(24(28)30-4-2)13-18(20)15-9-11-16(25)12-10-15;1-3-29-23(27)20-14-18(19-12-16(25)10-11-22(19)26)21(24(28)30-4-2)13-17(20)15-8-6-5-7-9-15;1-2/h2*5-14H,3-4H2,1-2H3;1-2H3. The highest BCUT2D eigenvalue weighted by atomic mass is 35.5. The highest BCUT2D eigenvalue weighted by molar-refractivity contribution is 6.36. The molecule has 0 atom stereocenters. The van der Waals surface area contributed by atoms with Gasteiger partial charge in [-0.25, -0.2) is 19.2 Å². The molecule has 0 spiro atoms. The van der Waals surface area contributed by atoms with Crippen LogP contribution in [-0.2, 0) is 18.9 Å². The Bertz CT molecular complexity index is 2490. The lowest BCUT2D eigenvalue weighted by Crippen LogP contribution is -2.12.